The second-order valence-corrected chi connectivity index (χ2v) is 6.67. The van der Waals surface area contributed by atoms with Gasteiger partial charge in [0.05, 0.1) is 25.7 Å². The lowest BCUT2D eigenvalue weighted by Crippen LogP contribution is -2.03. The fourth-order valence-corrected chi connectivity index (χ4v) is 3.35. The molecule has 0 amide bonds. The standard InChI is InChI=1S/C18H17N5O3S/c1-12-19-16(26-22-12)11-27-18-21-20-17(13-5-7-14(24-2)8-6-13)23(18)10-15-4-3-9-25-15/h3-9H,10-11H2,1-2H3. The zero-order chi connectivity index (χ0) is 18.6. The third kappa shape index (κ3) is 3.87. The second kappa shape index (κ2) is 7.67. The highest BCUT2D eigenvalue weighted by molar-refractivity contribution is 7.98. The molecule has 0 bridgehead atoms. The largest absolute Gasteiger partial charge is 0.497 e. The minimum absolute atomic E-state index is 0.514. The van der Waals surface area contributed by atoms with Gasteiger partial charge in [0.2, 0.25) is 5.89 Å². The molecule has 0 spiro atoms. The van der Waals surface area contributed by atoms with Crippen LogP contribution in [0.3, 0.4) is 0 Å². The summed E-state index contributed by atoms with van der Waals surface area (Å²) in [7, 11) is 1.64. The molecule has 1 aromatic carbocycles. The predicted molar refractivity (Wildman–Crippen MR) is 98.4 cm³/mol. The van der Waals surface area contributed by atoms with Gasteiger partial charge in [-0.3, -0.25) is 4.57 Å². The van der Waals surface area contributed by atoms with Crippen LogP contribution in [0, 0.1) is 6.92 Å². The zero-order valence-electron chi connectivity index (χ0n) is 14.8. The van der Waals surface area contributed by atoms with Crippen LogP contribution >= 0.6 is 11.8 Å². The van der Waals surface area contributed by atoms with Crippen molar-refractivity contribution in [3.63, 3.8) is 0 Å². The number of furan rings is 1. The highest BCUT2D eigenvalue weighted by Gasteiger charge is 2.17. The van der Waals surface area contributed by atoms with Crippen molar-refractivity contribution >= 4 is 11.8 Å². The summed E-state index contributed by atoms with van der Waals surface area (Å²) in [5.41, 5.74) is 0.940. The number of thioether (sulfide) groups is 1. The molecule has 0 saturated heterocycles. The van der Waals surface area contributed by atoms with E-state index in [0.29, 0.717) is 24.0 Å². The molecule has 138 valence electrons. The molecule has 3 aromatic heterocycles. The van der Waals surface area contributed by atoms with Gasteiger partial charge in [-0.2, -0.15) is 4.98 Å². The smallest absolute Gasteiger partial charge is 0.237 e. The molecule has 0 aliphatic rings. The van der Waals surface area contributed by atoms with Gasteiger partial charge in [0, 0.05) is 5.56 Å². The van der Waals surface area contributed by atoms with E-state index < -0.39 is 0 Å². The van der Waals surface area contributed by atoms with Crippen LogP contribution in [0.1, 0.15) is 17.5 Å². The van der Waals surface area contributed by atoms with Gasteiger partial charge in [-0.1, -0.05) is 16.9 Å². The molecule has 3 heterocycles. The molecule has 4 rings (SSSR count). The average Bonchev–Trinajstić information content (AvgIpc) is 3.43. The summed E-state index contributed by atoms with van der Waals surface area (Å²) in [6.45, 7) is 2.31. The van der Waals surface area contributed by atoms with Gasteiger partial charge < -0.3 is 13.7 Å². The van der Waals surface area contributed by atoms with Crippen molar-refractivity contribution in [2.24, 2.45) is 0 Å². The van der Waals surface area contributed by atoms with Crippen molar-refractivity contribution in [2.45, 2.75) is 24.4 Å². The van der Waals surface area contributed by atoms with Crippen molar-refractivity contribution in [1.82, 2.24) is 24.9 Å². The summed E-state index contributed by atoms with van der Waals surface area (Å²) in [5.74, 6) is 4.04. The zero-order valence-corrected chi connectivity index (χ0v) is 15.6. The lowest BCUT2D eigenvalue weighted by molar-refractivity contribution is 0.387. The third-order valence-corrected chi connectivity index (χ3v) is 4.81. The van der Waals surface area contributed by atoms with Crippen LogP contribution in [-0.4, -0.2) is 32.0 Å². The van der Waals surface area contributed by atoms with Crippen molar-refractivity contribution in [1.29, 1.82) is 0 Å². The van der Waals surface area contributed by atoms with Gasteiger partial charge >= 0.3 is 0 Å². The van der Waals surface area contributed by atoms with E-state index in [1.54, 1.807) is 20.3 Å². The van der Waals surface area contributed by atoms with Crippen LogP contribution in [0.5, 0.6) is 5.75 Å². The Morgan fingerprint density at radius 1 is 1.15 bits per heavy atom. The number of aryl methyl sites for hydroxylation is 1. The van der Waals surface area contributed by atoms with E-state index in [9.17, 15) is 0 Å². The first kappa shape index (κ1) is 17.3. The van der Waals surface area contributed by atoms with Gasteiger partial charge in [-0.25, -0.2) is 0 Å². The van der Waals surface area contributed by atoms with E-state index in [1.807, 2.05) is 41.0 Å². The maximum atomic E-state index is 5.51. The molecule has 0 aliphatic heterocycles. The fourth-order valence-electron chi connectivity index (χ4n) is 2.57. The van der Waals surface area contributed by atoms with Crippen molar-refractivity contribution in [3.8, 4) is 17.1 Å². The van der Waals surface area contributed by atoms with Crippen LogP contribution in [0.15, 0.2) is 56.8 Å². The Labute approximate surface area is 159 Å². The quantitative estimate of drug-likeness (QED) is 0.447. The maximum Gasteiger partial charge on any atom is 0.237 e. The van der Waals surface area contributed by atoms with Gasteiger partial charge in [-0.05, 0) is 43.3 Å². The van der Waals surface area contributed by atoms with Crippen LogP contribution in [0.4, 0.5) is 0 Å². The van der Waals surface area contributed by atoms with E-state index in [2.05, 4.69) is 20.3 Å². The second-order valence-electron chi connectivity index (χ2n) is 5.72. The summed E-state index contributed by atoms with van der Waals surface area (Å²) in [4.78, 5) is 4.23. The molecule has 4 aromatic rings. The molecule has 0 saturated carbocycles. The first-order valence-corrected chi connectivity index (χ1v) is 9.23. The minimum atomic E-state index is 0.514. The number of ether oxygens (including phenoxy) is 1. The van der Waals surface area contributed by atoms with Crippen molar-refractivity contribution in [2.75, 3.05) is 7.11 Å². The molecule has 0 radical (unpaired) electrons. The third-order valence-electron chi connectivity index (χ3n) is 3.85. The lowest BCUT2D eigenvalue weighted by atomic mass is 10.2. The molecule has 27 heavy (non-hydrogen) atoms. The minimum Gasteiger partial charge on any atom is -0.497 e. The Morgan fingerprint density at radius 3 is 2.67 bits per heavy atom. The number of hydrogen-bond acceptors (Lipinski definition) is 8. The summed E-state index contributed by atoms with van der Waals surface area (Å²) in [5, 5.41) is 13.3. The Bertz CT molecular complexity index is 1010. The fraction of sp³-hybridized carbons (Fsp3) is 0.222. The molecule has 9 heteroatoms. The van der Waals surface area contributed by atoms with E-state index in [4.69, 9.17) is 13.7 Å². The molecule has 0 unspecified atom stereocenters. The molecule has 0 N–H and O–H groups in total. The van der Waals surface area contributed by atoms with Crippen molar-refractivity contribution in [3.05, 3.63) is 60.1 Å². The van der Waals surface area contributed by atoms with Crippen molar-refractivity contribution < 1.29 is 13.7 Å². The number of benzene rings is 1. The topological polar surface area (TPSA) is 92.0 Å². The molecule has 0 fully saturated rings. The van der Waals surface area contributed by atoms with Gasteiger partial charge in [-0.15, -0.1) is 10.2 Å². The maximum absolute atomic E-state index is 5.51. The van der Waals surface area contributed by atoms with E-state index in [0.717, 1.165) is 28.1 Å². The number of methoxy groups -OCH3 is 1. The monoisotopic (exact) mass is 383 g/mol. The molecule has 0 aliphatic carbocycles. The molecule has 0 atom stereocenters. The average molecular weight is 383 g/mol. The van der Waals surface area contributed by atoms with Gasteiger partial charge in [0.1, 0.15) is 11.5 Å². The lowest BCUT2D eigenvalue weighted by Gasteiger charge is -2.09. The van der Waals surface area contributed by atoms with E-state index in [1.165, 1.54) is 11.8 Å². The van der Waals surface area contributed by atoms with E-state index in [-0.39, 0.29) is 0 Å². The summed E-state index contributed by atoms with van der Waals surface area (Å²) >= 11 is 1.49. The number of nitrogens with zero attached hydrogens (tertiary/aromatic N) is 5. The van der Waals surface area contributed by atoms with Crippen LogP contribution < -0.4 is 4.74 Å². The summed E-state index contributed by atoms with van der Waals surface area (Å²) in [6, 6.07) is 11.5. The first-order valence-electron chi connectivity index (χ1n) is 8.25. The van der Waals surface area contributed by atoms with Gasteiger partial charge in [0.25, 0.3) is 0 Å². The predicted octanol–water partition coefficient (Wildman–Crippen LogP) is 3.58. The Hall–Kier alpha value is -3.07. The highest BCUT2D eigenvalue weighted by atomic mass is 32.2. The van der Waals surface area contributed by atoms with Crippen LogP contribution in [0.2, 0.25) is 0 Å². The number of rotatable bonds is 7. The molecule has 8 nitrogen and oxygen atoms in total. The van der Waals surface area contributed by atoms with Gasteiger partial charge in [0.15, 0.2) is 16.8 Å². The normalized spacial score (nSPS) is 11.0. The summed E-state index contributed by atoms with van der Waals surface area (Å²) in [6.07, 6.45) is 1.65. The Kier molecular flexibility index (Phi) is 4.93. The van der Waals surface area contributed by atoms with E-state index >= 15 is 0 Å². The van der Waals surface area contributed by atoms with Crippen LogP contribution in [-0.2, 0) is 12.3 Å². The molecular weight excluding hydrogens is 366 g/mol. The highest BCUT2D eigenvalue weighted by Crippen LogP contribution is 2.28. The van der Waals surface area contributed by atoms with Crippen LogP contribution in [0.25, 0.3) is 11.4 Å². The number of hydrogen-bond donors (Lipinski definition) is 0. The Balaban J connectivity index is 1.64. The number of aromatic nitrogens is 5. The first-order chi connectivity index (χ1) is 13.2. The molecular formula is C18H17N5O3S. The summed E-state index contributed by atoms with van der Waals surface area (Å²) < 4.78 is 17.9. The SMILES string of the molecule is COc1ccc(-c2nnc(SCc3nc(C)no3)n2Cc2ccco2)cc1. The Morgan fingerprint density at radius 2 is 2.00 bits per heavy atom.